The van der Waals surface area contributed by atoms with Crippen LogP contribution < -0.4 is 4.90 Å². The Balaban J connectivity index is 1.28. The Morgan fingerprint density at radius 1 is 0.596 bits per heavy atom. The highest BCUT2D eigenvalue weighted by Crippen LogP contribution is 2.60. The van der Waals surface area contributed by atoms with Crippen molar-refractivity contribution >= 4 is 55.4 Å². The van der Waals surface area contributed by atoms with E-state index in [9.17, 15) is 0 Å². The van der Waals surface area contributed by atoms with Crippen LogP contribution in [0.3, 0.4) is 0 Å². The van der Waals surface area contributed by atoms with Crippen molar-refractivity contribution in [2.45, 2.75) is 50.5 Å². The molecule has 1 aliphatic heterocycles. The minimum atomic E-state index is -0.184. The van der Waals surface area contributed by atoms with Crippen LogP contribution in [0.1, 0.15) is 45.1 Å². The van der Waals surface area contributed by atoms with Gasteiger partial charge in [-0.3, -0.25) is 4.57 Å². The van der Waals surface area contributed by atoms with Crippen molar-refractivity contribution in [2.24, 2.45) is 0 Å². The van der Waals surface area contributed by atoms with Gasteiger partial charge in [0.2, 0.25) is 11.9 Å². The predicted molar refractivity (Wildman–Crippen MR) is 190 cm³/mol. The normalized spacial score (nSPS) is 20.8. The van der Waals surface area contributed by atoms with Crippen molar-refractivity contribution in [3.8, 4) is 17.3 Å². The number of hydrogen-bond acceptors (Lipinski definition) is 5. The molecule has 47 heavy (non-hydrogen) atoms. The fourth-order valence-corrected chi connectivity index (χ4v) is 8.69. The molecule has 1 fully saturated rings. The standard InChI is InChI=1S/C41H33N5O/c1-40-23-11-12-24-41(40,2)46(34-19-9-6-16-31(34)40)39-43-37(26-21-22-36-30(25-26)29-15-5-10-20-35(29)47-36)42-38(44-39)45-32-17-7-3-13-27(32)28-14-4-8-18-33(28)45/h3-10,13-22,25H,11-12,23-24H2,1-2H3. The molecule has 1 aliphatic carbocycles. The lowest BCUT2D eigenvalue weighted by Gasteiger charge is -2.49. The molecule has 228 valence electrons. The Kier molecular flexibility index (Phi) is 5.41. The van der Waals surface area contributed by atoms with Gasteiger partial charge in [-0.05, 0) is 67.8 Å². The second-order valence-electron chi connectivity index (χ2n) is 13.6. The average molecular weight is 612 g/mol. The Labute approximate surface area is 272 Å². The molecule has 0 radical (unpaired) electrons. The number of furan rings is 1. The van der Waals surface area contributed by atoms with Crippen molar-refractivity contribution < 1.29 is 4.42 Å². The summed E-state index contributed by atoms with van der Waals surface area (Å²) < 4.78 is 8.39. The summed E-state index contributed by atoms with van der Waals surface area (Å²) in [5, 5.41) is 4.49. The summed E-state index contributed by atoms with van der Waals surface area (Å²) in [6.07, 6.45) is 4.61. The van der Waals surface area contributed by atoms with Crippen molar-refractivity contribution in [1.29, 1.82) is 0 Å². The van der Waals surface area contributed by atoms with Gasteiger partial charge < -0.3 is 9.32 Å². The zero-order valence-corrected chi connectivity index (χ0v) is 26.4. The van der Waals surface area contributed by atoms with Crippen LogP contribution in [0.2, 0.25) is 0 Å². The molecule has 8 aromatic rings. The van der Waals surface area contributed by atoms with Gasteiger partial charge in [0.15, 0.2) is 5.82 Å². The largest absolute Gasteiger partial charge is 0.456 e. The summed E-state index contributed by atoms with van der Waals surface area (Å²) >= 11 is 0. The second-order valence-corrected chi connectivity index (χ2v) is 13.6. The zero-order valence-electron chi connectivity index (χ0n) is 26.4. The molecule has 2 atom stereocenters. The molecule has 1 saturated carbocycles. The van der Waals surface area contributed by atoms with E-state index in [1.807, 2.05) is 18.2 Å². The van der Waals surface area contributed by atoms with Gasteiger partial charge in [-0.1, -0.05) is 92.6 Å². The summed E-state index contributed by atoms with van der Waals surface area (Å²) in [5.41, 5.74) is 7.18. The Morgan fingerprint density at radius 3 is 2.04 bits per heavy atom. The van der Waals surface area contributed by atoms with Crippen molar-refractivity contribution in [2.75, 3.05) is 4.90 Å². The van der Waals surface area contributed by atoms with E-state index < -0.39 is 0 Å². The van der Waals surface area contributed by atoms with E-state index in [0.717, 1.165) is 51.4 Å². The molecular formula is C41H33N5O. The fourth-order valence-electron chi connectivity index (χ4n) is 8.69. The first kappa shape index (κ1) is 26.7. The maximum Gasteiger partial charge on any atom is 0.240 e. The van der Waals surface area contributed by atoms with Crippen molar-refractivity contribution in [1.82, 2.24) is 19.5 Å². The smallest absolute Gasteiger partial charge is 0.240 e. The highest BCUT2D eigenvalue weighted by Gasteiger charge is 2.58. The fraction of sp³-hybridized carbons (Fsp3) is 0.195. The van der Waals surface area contributed by atoms with E-state index in [1.54, 1.807) is 0 Å². The molecule has 6 heteroatoms. The van der Waals surface area contributed by atoms with Crippen molar-refractivity contribution in [3.63, 3.8) is 0 Å². The minimum Gasteiger partial charge on any atom is -0.456 e. The van der Waals surface area contributed by atoms with Crippen LogP contribution in [0.4, 0.5) is 11.6 Å². The highest BCUT2D eigenvalue weighted by atomic mass is 16.3. The first-order valence-electron chi connectivity index (χ1n) is 16.6. The van der Waals surface area contributed by atoms with Crippen LogP contribution in [-0.2, 0) is 5.41 Å². The van der Waals surface area contributed by atoms with Gasteiger partial charge in [0.1, 0.15) is 11.2 Å². The van der Waals surface area contributed by atoms with Gasteiger partial charge in [-0.15, -0.1) is 0 Å². The number of aromatic nitrogens is 4. The quantitative estimate of drug-likeness (QED) is 0.199. The molecule has 4 heterocycles. The van der Waals surface area contributed by atoms with Crippen LogP contribution in [0.25, 0.3) is 61.1 Å². The molecule has 0 spiro atoms. The predicted octanol–water partition coefficient (Wildman–Crippen LogP) is 10.3. The van der Waals surface area contributed by atoms with Crippen molar-refractivity contribution in [3.05, 3.63) is 121 Å². The van der Waals surface area contributed by atoms with E-state index in [-0.39, 0.29) is 11.0 Å². The van der Waals surface area contributed by atoms with Crippen LogP contribution in [-0.4, -0.2) is 25.1 Å². The van der Waals surface area contributed by atoms with Crippen LogP contribution >= 0.6 is 0 Å². The third kappa shape index (κ3) is 3.58. The monoisotopic (exact) mass is 611 g/mol. The molecule has 5 aromatic carbocycles. The van der Waals surface area contributed by atoms with Gasteiger partial charge in [-0.2, -0.15) is 15.0 Å². The van der Waals surface area contributed by atoms with E-state index in [1.165, 1.54) is 34.9 Å². The van der Waals surface area contributed by atoms with Gasteiger partial charge in [0, 0.05) is 38.2 Å². The number of para-hydroxylation sites is 4. The van der Waals surface area contributed by atoms with Gasteiger partial charge in [-0.25, -0.2) is 0 Å². The summed E-state index contributed by atoms with van der Waals surface area (Å²) in [6, 6.07) is 40.4. The van der Waals surface area contributed by atoms with Crippen LogP contribution in [0.15, 0.2) is 120 Å². The van der Waals surface area contributed by atoms with E-state index in [2.05, 4.69) is 120 Å². The number of anilines is 2. The highest BCUT2D eigenvalue weighted by molar-refractivity contribution is 6.09. The summed E-state index contributed by atoms with van der Waals surface area (Å²) in [4.78, 5) is 18.5. The Morgan fingerprint density at radius 2 is 1.23 bits per heavy atom. The third-order valence-corrected chi connectivity index (χ3v) is 11.2. The van der Waals surface area contributed by atoms with E-state index in [4.69, 9.17) is 19.4 Å². The second kappa shape index (κ2) is 9.52. The maximum atomic E-state index is 6.18. The van der Waals surface area contributed by atoms with E-state index >= 15 is 0 Å². The summed E-state index contributed by atoms with van der Waals surface area (Å²) in [5.74, 6) is 1.94. The first-order chi connectivity index (χ1) is 23.0. The number of fused-ring (bicyclic) bond motifs is 9. The van der Waals surface area contributed by atoms with Gasteiger partial charge in [0.05, 0.1) is 16.6 Å². The summed E-state index contributed by atoms with van der Waals surface area (Å²) in [6.45, 7) is 4.86. The first-order valence-corrected chi connectivity index (χ1v) is 16.6. The molecule has 10 rings (SSSR count). The zero-order chi connectivity index (χ0) is 31.3. The molecule has 3 aromatic heterocycles. The SMILES string of the molecule is CC12CCCCC1(C)N(c1nc(-c3ccc4oc5ccccc5c4c3)nc(-n3c4ccccc4c4ccccc43)n1)c1ccccc12. The molecule has 2 unspecified atom stereocenters. The molecule has 6 nitrogen and oxygen atoms in total. The lowest BCUT2D eigenvalue weighted by Crippen LogP contribution is -2.55. The molecule has 2 aliphatic rings. The molecular weight excluding hydrogens is 578 g/mol. The number of rotatable bonds is 3. The topological polar surface area (TPSA) is 60.0 Å². The molecule has 0 N–H and O–H groups in total. The third-order valence-electron chi connectivity index (χ3n) is 11.2. The number of benzene rings is 5. The molecule has 0 bridgehead atoms. The minimum absolute atomic E-state index is 0.0176. The number of hydrogen-bond donors (Lipinski definition) is 0. The number of nitrogens with zero attached hydrogens (tertiary/aromatic N) is 5. The van der Waals surface area contributed by atoms with Crippen LogP contribution in [0, 0.1) is 0 Å². The Hall–Kier alpha value is -5.49. The summed E-state index contributed by atoms with van der Waals surface area (Å²) in [7, 11) is 0. The van der Waals surface area contributed by atoms with E-state index in [0.29, 0.717) is 17.7 Å². The van der Waals surface area contributed by atoms with Gasteiger partial charge in [0.25, 0.3) is 0 Å². The maximum absolute atomic E-state index is 6.18. The average Bonchev–Trinajstić information content (AvgIpc) is 3.72. The van der Waals surface area contributed by atoms with Gasteiger partial charge >= 0.3 is 0 Å². The van der Waals surface area contributed by atoms with Crippen LogP contribution in [0.5, 0.6) is 0 Å². The lowest BCUT2D eigenvalue weighted by atomic mass is 9.61. The Bertz CT molecular complexity index is 2490. The lowest BCUT2D eigenvalue weighted by molar-refractivity contribution is 0.193. The molecule has 0 amide bonds. The molecule has 0 saturated heterocycles.